The van der Waals surface area contributed by atoms with Crippen molar-refractivity contribution in [1.29, 1.82) is 0 Å². The van der Waals surface area contributed by atoms with Crippen LogP contribution in [0.1, 0.15) is 35.7 Å². The van der Waals surface area contributed by atoms with E-state index in [0.29, 0.717) is 16.4 Å². The van der Waals surface area contributed by atoms with Gasteiger partial charge in [0.05, 0.1) is 16.6 Å². The summed E-state index contributed by atoms with van der Waals surface area (Å²) in [5, 5.41) is 0. The Labute approximate surface area is 136 Å². The molecule has 2 aromatic rings. The number of benzene rings is 2. The molecule has 0 N–H and O–H groups in total. The van der Waals surface area contributed by atoms with E-state index in [2.05, 4.69) is 29.8 Å². The highest BCUT2D eigenvalue weighted by Gasteiger charge is 2.13. The normalized spacial score (nSPS) is 12.4. The van der Waals surface area contributed by atoms with E-state index >= 15 is 0 Å². The summed E-state index contributed by atoms with van der Waals surface area (Å²) in [5.41, 5.74) is 1.78. The molecule has 1 unspecified atom stereocenters. The lowest BCUT2D eigenvalue weighted by atomic mass is 10.0. The van der Waals surface area contributed by atoms with Crippen LogP contribution in [0.3, 0.4) is 0 Å². The van der Waals surface area contributed by atoms with Gasteiger partial charge in [-0.25, -0.2) is 0 Å². The van der Waals surface area contributed by atoms with E-state index in [9.17, 15) is 9.00 Å². The Morgan fingerprint density at radius 1 is 1.14 bits per heavy atom. The summed E-state index contributed by atoms with van der Waals surface area (Å²) in [6.07, 6.45) is 0. The Morgan fingerprint density at radius 2 is 1.81 bits per heavy atom. The predicted molar refractivity (Wildman–Crippen MR) is 90.3 cm³/mol. The first-order chi connectivity index (χ1) is 9.97. The molecule has 0 heterocycles. The zero-order chi connectivity index (χ0) is 15.4. The van der Waals surface area contributed by atoms with Crippen LogP contribution in [0.15, 0.2) is 57.9 Å². The van der Waals surface area contributed by atoms with Crippen molar-refractivity contribution in [3.8, 4) is 0 Å². The molecule has 0 bridgehead atoms. The number of Topliss-reactive ketones (excluding diaryl/α,β-unsaturated/α-hetero) is 1. The van der Waals surface area contributed by atoms with Gasteiger partial charge >= 0.3 is 0 Å². The third-order valence-electron chi connectivity index (χ3n) is 3.22. The summed E-state index contributed by atoms with van der Waals surface area (Å²) in [5.74, 6) is 0.343. The minimum atomic E-state index is -1.31. The van der Waals surface area contributed by atoms with Crippen LogP contribution in [0, 0.1) is 0 Å². The topological polar surface area (TPSA) is 34.1 Å². The van der Waals surface area contributed by atoms with E-state index in [1.165, 1.54) is 5.56 Å². The molecule has 0 radical (unpaired) electrons. The van der Waals surface area contributed by atoms with Gasteiger partial charge in [-0.2, -0.15) is 0 Å². The molecule has 1 atom stereocenters. The van der Waals surface area contributed by atoms with Crippen LogP contribution < -0.4 is 0 Å². The van der Waals surface area contributed by atoms with Gasteiger partial charge in [-0.1, -0.05) is 54.0 Å². The summed E-state index contributed by atoms with van der Waals surface area (Å²) in [7, 11) is -1.31. The fourth-order valence-corrected chi connectivity index (χ4v) is 3.36. The highest BCUT2D eigenvalue weighted by atomic mass is 79.9. The first-order valence-corrected chi connectivity index (χ1v) is 8.85. The molecule has 110 valence electrons. The Bertz CT molecular complexity index is 663. The van der Waals surface area contributed by atoms with Crippen molar-refractivity contribution in [1.82, 2.24) is 0 Å². The van der Waals surface area contributed by atoms with Crippen molar-refractivity contribution in [2.24, 2.45) is 0 Å². The number of hydrogen-bond acceptors (Lipinski definition) is 2. The molecule has 2 nitrogen and oxygen atoms in total. The number of rotatable bonds is 5. The molecule has 2 rings (SSSR count). The monoisotopic (exact) mass is 364 g/mol. The van der Waals surface area contributed by atoms with E-state index in [4.69, 9.17) is 0 Å². The molecule has 0 aliphatic heterocycles. The van der Waals surface area contributed by atoms with Crippen molar-refractivity contribution in [3.05, 3.63) is 64.1 Å². The van der Waals surface area contributed by atoms with Gasteiger partial charge in [-0.3, -0.25) is 9.00 Å². The summed E-state index contributed by atoms with van der Waals surface area (Å²) in [6, 6.07) is 14.8. The van der Waals surface area contributed by atoms with Crippen molar-refractivity contribution in [2.45, 2.75) is 24.7 Å². The molecule has 2 aromatic carbocycles. The molecular weight excluding hydrogens is 348 g/mol. The van der Waals surface area contributed by atoms with Gasteiger partial charge in [0.1, 0.15) is 0 Å². The molecule has 0 aliphatic rings. The van der Waals surface area contributed by atoms with Crippen molar-refractivity contribution < 1.29 is 9.00 Å². The third kappa shape index (κ3) is 4.35. The first kappa shape index (κ1) is 16.1. The maximum atomic E-state index is 12.3. The van der Waals surface area contributed by atoms with Gasteiger partial charge in [0, 0.05) is 14.9 Å². The summed E-state index contributed by atoms with van der Waals surface area (Å²) < 4.78 is 13.1. The Morgan fingerprint density at radius 3 is 2.38 bits per heavy atom. The molecular formula is C17H17BrO2S. The van der Waals surface area contributed by atoms with Crippen LogP contribution >= 0.6 is 15.9 Å². The number of halogens is 1. The molecule has 21 heavy (non-hydrogen) atoms. The second-order valence-corrected chi connectivity index (χ2v) is 7.51. The van der Waals surface area contributed by atoms with E-state index < -0.39 is 10.8 Å². The van der Waals surface area contributed by atoms with Crippen LogP contribution in [0.4, 0.5) is 0 Å². The average molecular weight is 365 g/mol. The van der Waals surface area contributed by atoms with Crippen LogP contribution in [0.25, 0.3) is 0 Å². The quantitative estimate of drug-likeness (QED) is 0.728. The maximum absolute atomic E-state index is 12.3. The van der Waals surface area contributed by atoms with Crippen LogP contribution in [0.5, 0.6) is 0 Å². The van der Waals surface area contributed by atoms with Crippen LogP contribution in [-0.2, 0) is 10.8 Å². The Kier molecular flexibility index (Phi) is 5.48. The summed E-state index contributed by atoms with van der Waals surface area (Å²) in [4.78, 5) is 12.8. The predicted octanol–water partition coefficient (Wildman–Crippen LogP) is 4.56. The molecule has 0 aliphatic carbocycles. The second kappa shape index (κ2) is 7.14. The van der Waals surface area contributed by atoms with Crippen molar-refractivity contribution in [2.75, 3.05) is 5.75 Å². The maximum Gasteiger partial charge on any atom is 0.175 e. The number of ketones is 1. The highest BCUT2D eigenvalue weighted by Crippen LogP contribution is 2.18. The summed E-state index contributed by atoms with van der Waals surface area (Å²) >= 11 is 3.33. The standard InChI is InChI=1S/C17H17BrO2S/c1-12(2)13-6-8-16(9-7-13)21(20)11-17(19)14-4-3-5-15(18)10-14/h3-10,12H,11H2,1-2H3. The van der Waals surface area contributed by atoms with Gasteiger partial charge in [-0.15, -0.1) is 0 Å². The number of hydrogen-bond donors (Lipinski definition) is 0. The largest absolute Gasteiger partial charge is 0.293 e. The molecule has 0 spiro atoms. The average Bonchev–Trinajstić information content (AvgIpc) is 2.47. The lowest BCUT2D eigenvalue weighted by Gasteiger charge is -2.07. The van der Waals surface area contributed by atoms with Crippen LogP contribution in [0.2, 0.25) is 0 Å². The lowest BCUT2D eigenvalue weighted by molar-refractivity contribution is 0.102. The van der Waals surface area contributed by atoms with Gasteiger partial charge in [0.25, 0.3) is 0 Å². The molecule has 0 aromatic heterocycles. The smallest absolute Gasteiger partial charge is 0.175 e. The fourth-order valence-electron chi connectivity index (χ4n) is 1.95. The first-order valence-electron chi connectivity index (χ1n) is 6.74. The highest BCUT2D eigenvalue weighted by molar-refractivity contribution is 9.10. The van der Waals surface area contributed by atoms with E-state index in [0.717, 1.165) is 4.47 Å². The molecule has 0 saturated carbocycles. The fraction of sp³-hybridized carbons (Fsp3) is 0.235. The Balaban J connectivity index is 2.09. The van der Waals surface area contributed by atoms with Gasteiger partial charge in [0.15, 0.2) is 5.78 Å². The third-order valence-corrected chi connectivity index (χ3v) is 5.03. The minimum absolute atomic E-state index is 0.0114. The zero-order valence-electron chi connectivity index (χ0n) is 12.0. The van der Waals surface area contributed by atoms with E-state index in [1.54, 1.807) is 18.2 Å². The molecule has 0 fully saturated rings. The number of carbonyl (C=O) groups is 1. The molecule has 4 heteroatoms. The minimum Gasteiger partial charge on any atom is -0.293 e. The SMILES string of the molecule is CC(C)c1ccc(S(=O)CC(=O)c2cccc(Br)c2)cc1. The number of carbonyl (C=O) groups excluding carboxylic acids is 1. The van der Waals surface area contributed by atoms with Gasteiger partial charge in [-0.05, 0) is 35.7 Å². The molecule has 0 amide bonds. The van der Waals surface area contributed by atoms with Gasteiger partial charge in [0.2, 0.25) is 0 Å². The van der Waals surface area contributed by atoms with Gasteiger partial charge < -0.3 is 0 Å². The van der Waals surface area contributed by atoms with Crippen molar-refractivity contribution >= 4 is 32.5 Å². The van der Waals surface area contributed by atoms with Crippen molar-refractivity contribution in [3.63, 3.8) is 0 Å². The molecule has 0 saturated heterocycles. The van der Waals surface area contributed by atoms with Crippen LogP contribution in [-0.4, -0.2) is 15.7 Å². The second-order valence-electron chi connectivity index (χ2n) is 5.15. The van der Waals surface area contributed by atoms with E-state index in [1.807, 2.05) is 30.3 Å². The lowest BCUT2D eigenvalue weighted by Crippen LogP contribution is -2.11. The summed E-state index contributed by atoms with van der Waals surface area (Å²) in [6.45, 7) is 4.23. The Hall–Kier alpha value is -1.26. The zero-order valence-corrected chi connectivity index (χ0v) is 14.4. The van der Waals surface area contributed by atoms with E-state index in [-0.39, 0.29) is 11.5 Å².